The summed E-state index contributed by atoms with van der Waals surface area (Å²) in [7, 11) is 0. The molecule has 0 aliphatic heterocycles. The number of nitrogen functional groups attached to an aromatic ring is 1. The summed E-state index contributed by atoms with van der Waals surface area (Å²) in [4.78, 5) is 3.98. The Labute approximate surface area is 125 Å². The second-order valence-electron chi connectivity index (χ2n) is 4.10. The molecule has 0 amide bonds. The third-order valence-electron chi connectivity index (χ3n) is 2.89. The molecule has 0 radical (unpaired) electrons. The van der Waals surface area contributed by atoms with Crippen molar-refractivity contribution in [1.29, 1.82) is 0 Å². The molecule has 0 aliphatic rings. The van der Waals surface area contributed by atoms with E-state index in [2.05, 4.69) is 10.1 Å². The first-order chi connectivity index (χ1) is 9.68. The fourth-order valence-electron chi connectivity index (χ4n) is 2.00. The topological polar surface area (TPSA) is 64.9 Å². The summed E-state index contributed by atoms with van der Waals surface area (Å²) in [5.74, 6) is 0.210. The molecule has 0 bridgehead atoms. The molecule has 0 spiro atoms. The molecule has 0 atom stereocenters. The first-order valence-electron chi connectivity index (χ1n) is 5.78. The summed E-state index contributed by atoms with van der Waals surface area (Å²) in [6, 6.07) is 8.88. The Bertz CT molecular complexity index is 736. The van der Waals surface area contributed by atoms with Gasteiger partial charge in [0.2, 0.25) is 5.88 Å². The van der Waals surface area contributed by atoms with Crippen molar-refractivity contribution >= 4 is 29.1 Å². The van der Waals surface area contributed by atoms with Gasteiger partial charge in [-0.15, -0.1) is 0 Å². The van der Waals surface area contributed by atoms with Crippen LogP contribution in [0.25, 0.3) is 22.4 Å². The van der Waals surface area contributed by atoms with Gasteiger partial charge in [-0.05, 0) is 29.8 Å². The van der Waals surface area contributed by atoms with Gasteiger partial charge in [0.1, 0.15) is 5.69 Å². The molecule has 2 heterocycles. The minimum absolute atomic E-state index is 0.210. The maximum absolute atomic E-state index is 6.21. The maximum atomic E-state index is 6.21. The van der Waals surface area contributed by atoms with Crippen molar-refractivity contribution in [2.24, 2.45) is 0 Å². The normalized spacial score (nSPS) is 10.7. The number of pyridine rings is 1. The number of nitrogens with two attached hydrogens (primary N) is 1. The van der Waals surface area contributed by atoms with Crippen LogP contribution in [0.4, 0.5) is 5.88 Å². The predicted octanol–water partition coefficient (Wildman–Crippen LogP) is 4.29. The fraction of sp³-hybridized carbons (Fsp3) is 0. The van der Waals surface area contributed by atoms with Gasteiger partial charge >= 0.3 is 0 Å². The molecule has 3 rings (SSSR count). The molecule has 2 N–H and O–H groups in total. The summed E-state index contributed by atoms with van der Waals surface area (Å²) in [6.45, 7) is 0. The van der Waals surface area contributed by atoms with E-state index in [4.69, 9.17) is 33.5 Å². The average Bonchev–Trinajstić information content (AvgIpc) is 2.81. The molecule has 100 valence electrons. The molecule has 6 heteroatoms. The summed E-state index contributed by atoms with van der Waals surface area (Å²) < 4.78 is 5.10. The highest BCUT2D eigenvalue weighted by Crippen LogP contribution is 2.41. The zero-order valence-electron chi connectivity index (χ0n) is 10.2. The smallest absolute Gasteiger partial charge is 0.230 e. The van der Waals surface area contributed by atoms with Crippen molar-refractivity contribution < 1.29 is 4.52 Å². The van der Waals surface area contributed by atoms with Crippen molar-refractivity contribution in [2.75, 3.05) is 5.73 Å². The van der Waals surface area contributed by atoms with Gasteiger partial charge in [-0.2, -0.15) is 0 Å². The third kappa shape index (κ3) is 2.13. The zero-order valence-corrected chi connectivity index (χ0v) is 11.7. The van der Waals surface area contributed by atoms with E-state index in [1.807, 2.05) is 12.1 Å². The fourth-order valence-corrected chi connectivity index (χ4v) is 2.57. The SMILES string of the molecule is Nc1onc(-c2c(Cl)cccc2Cl)c1-c1ccncc1. The second kappa shape index (κ2) is 5.15. The van der Waals surface area contributed by atoms with Crippen LogP contribution in [0.5, 0.6) is 0 Å². The lowest BCUT2D eigenvalue weighted by Gasteiger charge is -2.06. The quantitative estimate of drug-likeness (QED) is 0.767. The van der Waals surface area contributed by atoms with E-state index in [1.54, 1.807) is 30.6 Å². The number of hydrogen-bond donors (Lipinski definition) is 1. The van der Waals surface area contributed by atoms with Crippen molar-refractivity contribution in [1.82, 2.24) is 10.1 Å². The van der Waals surface area contributed by atoms with E-state index in [1.165, 1.54) is 0 Å². The van der Waals surface area contributed by atoms with Gasteiger partial charge in [-0.3, -0.25) is 4.98 Å². The van der Waals surface area contributed by atoms with Crippen LogP contribution >= 0.6 is 23.2 Å². The Morgan fingerprint density at radius 1 is 0.950 bits per heavy atom. The Morgan fingerprint density at radius 2 is 1.60 bits per heavy atom. The standard InChI is InChI=1S/C14H9Cl2N3O/c15-9-2-1-3-10(16)12(9)13-11(14(17)20-19-13)8-4-6-18-7-5-8/h1-7H,17H2. The Morgan fingerprint density at radius 3 is 2.25 bits per heavy atom. The van der Waals surface area contributed by atoms with Crippen LogP contribution in [0.15, 0.2) is 47.2 Å². The minimum Gasteiger partial charge on any atom is -0.367 e. The molecular weight excluding hydrogens is 297 g/mol. The lowest BCUT2D eigenvalue weighted by molar-refractivity contribution is 0.439. The number of anilines is 1. The van der Waals surface area contributed by atoms with E-state index in [9.17, 15) is 0 Å². The number of halogens is 2. The van der Waals surface area contributed by atoms with Crippen LogP contribution < -0.4 is 5.73 Å². The van der Waals surface area contributed by atoms with E-state index >= 15 is 0 Å². The van der Waals surface area contributed by atoms with Crippen LogP contribution in [-0.4, -0.2) is 10.1 Å². The molecule has 3 aromatic rings. The van der Waals surface area contributed by atoms with E-state index in [0.717, 1.165) is 5.56 Å². The van der Waals surface area contributed by atoms with Gasteiger partial charge in [0.15, 0.2) is 0 Å². The summed E-state index contributed by atoms with van der Waals surface area (Å²) >= 11 is 12.4. The molecule has 0 saturated carbocycles. The molecule has 0 fully saturated rings. The van der Waals surface area contributed by atoms with Crippen molar-refractivity contribution in [2.45, 2.75) is 0 Å². The van der Waals surface area contributed by atoms with Crippen LogP contribution in [0, 0.1) is 0 Å². The Kier molecular flexibility index (Phi) is 3.34. The highest BCUT2D eigenvalue weighted by molar-refractivity contribution is 6.39. The molecule has 0 aliphatic carbocycles. The van der Waals surface area contributed by atoms with Crippen molar-refractivity contribution in [3.63, 3.8) is 0 Å². The summed E-state index contributed by atoms with van der Waals surface area (Å²) in [5.41, 5.74) is 8.49. The first kappa shape index (κ1) is 13.0. The van der Waals surface area contributed by atoms with Crippen LogP contribution in [-0.2, 0) is 0 Å². The number of nitrogens with zero attached hydrogens (tertiary/aromatic N) is 2. The van der Waals surface area contributed by atoms with Gasteiger partial charge in [-0.25, -0.2) is 0 Å². The van der Waals surface area contributed by atoms with Crippen molar-refractivity contribution in [3.05, 3.63) is 52.8 Å². The van der Waals surface area contributed by atoms with Crippen LogP contribution in [0.1, 0.15) is 0 Å². The van der Waals surface area contributed by atoms with Gasteiger partial charge in [-0.1, -0.05) is 34.4 Å². The third-order valence-corrected chi connectivity index (χ3v) is 3.52. The minimum atomic E-state index is 0.210. The molecule has 2 aromatic heterocycles. The summed E-state index contributed by atoms with van der Waals surface area (Å²) in [6.07, 6.45) is 3.33. The van der Waals surface area contributed by atoms with E-state index in [0.29, 0.717) is 26.9 Å². The number of aromatic nitrogens is 2. The number of benzene rings is 1. The molecular formula is C14H9Cl2N3O. The highest BCUT2D eigenvalue weighted by Gasteiger charge is 2.21. The molecule has 4 nitrogen and oxygen atoms in total. The molecule has 0 saturated heterocycles. The van der Waals surface area contributed by atoms with Gasteiger partial charge in [0.25, 0.3) is 0 Å². The zero-order chi connectivity index (χ0) is 14.1. The number of rotatable bonds is 2. The highest BCUT2D eigenvalue weighted by atomic mass is 35.5. The predicted molar refractivity (Wildman–Crippen MR) is 79.6 cm³/mol. The van der Waals surface area contributed by atoms with Crippen LogP contribution in [0.2, 0.25) is 10.0 Å². The lowest BCUT2D eigenvalue weighted by Crippen LogP contribution is -1.89. The van der Waals surface area contributed by atoms with E-state index in [-0.39, 0.29) is 5.88 Å². The van der Waals surface area contributed by atoms with Gasteiger partial charge in [0.05, 0.1) is 15.6 Å². The summed E-state index contributed by atoms with van der Waals surface area (Å²) in [5, 5.41) is 4.97. The largest absolute Gasteiger partial charge is 0.367 e. The second-order valence-corrected chi connectivity index (χ2v) is 4.92. The lowest BCUT2D eigenvalue weighted by atomic mass is 10.0. The molecule has 0 unspecified atom stereocenters. The van der Waals surface area contributed by atoms with Crippen molar-refractivity contribution in [3.8, 4) is 22.4 Å². The molecule has 20 heavy (non-hydrogen) atoms. The average molecular weight is 306 g/mol. The van der Waals surface area contributed by atoms with Gasteiger partial charge < -0.3 is 10.3 Å². The van der Waals surface area contributed by atoms with Gasteiger partial charge in [0, 0.05) is 18.0 Å². The number of hydrogen-bond acceptors (Lipinski definition) is 4. The van der Waals surface area contributed by atoms with E-state index < -0.39 is 0 Å². The Hall–Kier alpha value is -2.04. The first-order valence-corrected chi connectivity index (χ1v) is 6.54. The Balaban J connectivity index is 2.27. The maximum Gasteiger partial charge on any atom is 0.230 e. The monoisotopic (exact) mass is 305 g/mol. The molecule has 1 aromatic carbocycles. The van der Waals surface area contributed by atoms with Crippen LogP contribution in [0.3, 0.4) is 0 Å².